The van der Waals surface area contributed by atoms with Crippen molar-refractivity contribution < 1.29 is 9.59 Å². The number of carbonyl (C=O) groups is 2. The highest BCUT2D eigenvalue weighted by Crippen LogP contribution is 2.58. The number of anilines is 1. The molecule has 0 aliphatic carbocycles. The molecule has 1 atom stereocenters. The van der Waals surface area contributed by atoms with Gasteiger partial charge in [0, 0.05) is 33.6 Å². The average Bonchev–Trinajstić information content (AvgIpc) is 2.86. The summed E-state index contributed by atoms with van der Waals surface area (Å²) in [6, 6.07) is 5.06. The first-order valence-electron chi connectivity index (χ1n) is 7.55. The molecule has 0 unspecified atom stereocenters. The summed E-state index contributed by atoms with van der Waals surface area (Å²) >= 11 is 7.64. The van der Waals surface area contributed by atoms with Crippen LogP contribution >= 0.6 is 23.4 Å². The summed E-state index contributed by atoms with van der Waals surface area (Å²) in [4.78, 5) is 26.2. The molecule has 1 fully saturated rings. The Hall–Kier alpha value is -1.40. The molecule has 1 spiro atoms. The van der Waals surface area contributed by atoms with Crippen LogP contribution in [0.3, 0.4) is 0 Å². The van der Waals surface area contributed by atoms with Gasteiger partial charge in [0.15, 0.2) is 4.87 Å². The molecule has 23 heavy (non-hydrogen) atoms. The fourth-order valence-corrected chi connectivity index (χ4v) is 4.97. The third-order valence-electron chi connectivity index (χ3n) is 3.90. The van der Waals surface area contributed by atoms with Gasteiger partial charge in [0.05, 0.1) is 0 Å². The molecule has 0 aromatic heterocycles. The zero-order chi connectivity index (χ0) is 17.0. The summed E-state index contributed by atoms with van der Waals surface area (Å²) in [5.41, 5.74) is 1.47. The summed E-state index contributed by atoms with van der Waals surface area (Å²) < 4.78 is -0.240. The molecule has 1 aromatic carbocycles. The Balaban J connectivity index is 2.13. The lowest BCUT2D eigenvalue weighted by Crippen LogP contribution is -2.53. The van der Waals surface area contributed by atoms with E-state index in [2.05, 4.69) is 10.6 Å². The van der Waals surface area contributed by atoms with Gasteiger partial charge in [-0.15, -0.1) is 11.8 Å². The lowest BCUT2D eigenvalue weighted by atomic mass is 10.0. The van der Waals surface area contributed by atoms with Crippen LogP contribution in [0, 0.1) is 0 Å². The van der Waals surface area contributed by atoms with Crippen molar-refractivity contribution in [1.29, 1.82) is 0 Å². The Morgan fingerprint density at radius 2 is 2.13 bits per heavy atom. The van der Waals surface area contributed by atoms with Crippen molar-refractivity contribution in [3.05, 3.63) is 28.8 Å². The van der Waals surface area contributed by atoms with Crippen molar-refractivity contribution in [2.24, 2.45) is 0 Å². The monoisotopic (exact) mass is 353 g/mol. The van der Waals surface area contributed by atoms with Crippen LogP contribution in [0.5, 0.6) is 0 Å². The number of rotatable bonds is 1. The Morgan fingerprint density at radius 3 is 2.78 bits per heavy atom. The molecule has 1 aromatic rings. The van der Waals surface area contributed by atoms with Crippen LogP contribution in [0.25, 0.3) is 0 Å². The van der Waals surface area contributed by atoms with E-state index in [1.54, 1.807) is 23.1 Å². The molecule has 2 heterocycles. The van der Waals surface area contributed by atoms with Gasteiger partial charge in [-0.05, 0) is 45.9 Å². The maximum atomic E-state index is 12.9. The number of carbonyl (C=O) groups excluding carboxylic acids is 2. The minimum absolute atomic E-state index is 0.00319. The van der Waals surface area contributed by atoms with Crippen molar-refractivity contribution in [3.63, 3.8) is 0 Å². The van der Waals surface area contributed by atoms with Crippen molar-refractivity contribution >= 4 is 41.0 Å². The number of nitrogens with zero attached hydrogens (tertiary/aromatic N) is 1. The molecule has 124 valence electrons. The lowest BCUT2D eigenvalue weighted by Gasteiger charge is -2.32. The number of benzene rings is 1. The maximum Gasteiger partial charge on any atom is 0.319 e. The largest absolute Gasteiger partial charge is 0.336 e. The first kappa shape index (κ1) is 16.5. The highest BCUT2D eigenvalue weighted by Gasteiger charge is 2.61. The molecule has 2 N–H and O–H groups in total. The Labute approximate surface area is 145 Å². The minimum atomic E-state index is -1.07. The fourth-order valence-electron chi connectivity index (χ4n) is 3.12. The molecule has 2 aliphatic rings. The zero-order valence-corrected chi connectivity index (χ0v) is 15.1. The third-order valence-corrected chi connectivity index (χ3v) is 5.74. The Morgan fingerprint density at radius 1 is 1.43 bits per heavy atom. The second kappa shape index (κ2) is 5.31. The number of urea groups is 1. The van der Waals surface area contributed by atoms with Crippen LogP contribution in [0.4, 0.5) is 10.5 Å². The van der Waals surface area contributed by atoms with Crippen molar-refractivity contribution in [2.45, 2.75) is 43.4 Å². The van der Waals surface area contributed by atoms with Crippen LogP contribution in [0.15, 0.2) is 18.2 Å². The van der Waals surface area contributed by atoms with Gasteiger partial charge in [-0.3, -0.25) is 9.69 Å². The van der Waals surface area contributed by atoms with Crippen LogP contribution in [-0.4, -0.2) is 34.2 Å². The van der Waals surface area contributed by atoms with E-state index < -0.39 is 4.87 Å². The number of thioether (sulfide) groups is 1. The molecule has 0 bridgehead atoms. The third kappa shape index (κ3) is 2.58. The topological polar surface area (TPSA) is 61.4 Å². The van der Waals surface area contributed by atoms with Crippen molar-refractivity contribution in [2.75, 3.05) is 11.9 Å². The predicted octanol–water partition coefficient (Wildman–Crippen LogP) is 3.39. The number of halogens is 1. The fraction of sp³-hybridized carbons (Fsp3) is 0.500. The average molecular weight is 354 g/mol. The quantitative estimate of drug-likeness (QED) is 0.813. The lowest BCUT2D eigenvalue weighted by molar-refractivity contribution is -0.121. The molecule has 3 rings (SSSR count). The number of nitrogens with one attached hydrogen (secondary N) is 2. The van der Waals surface area contributed by atoms with Crippen LogP contribution in [0.1, 0.15) is 33.3 Å². The van der Waals surface area contributed by atoms with Crippen molar-refractivity contribution in [1.82, 2.24) is 10.2 Å². The van der Waals surface area contributed by atoms with E-state index in [1.807, 2.05) is 27.7 Å². The second-order valence-corrected chi connectivity index (χ2v) is 9.18. The van der Waals surface area contributed by atoms with Crippen molar-refractivity contribution in [3.8, 4) is 0 Å². The Kier molecular flexibility index (Phi) is 3.80. The summed E-state index contributed by atoms with van der Waals surface area (Å²) in [7, 11) is 0. The Bertz CT molecular complexity index is 692. The summed E-state index contributed by atoms with van der Waals surface area (Å²) in [6.07, 6.45) is 0. The number of hydrogen-bond donors (Lipinski definition) is 2. The molecule has 3 amide bonds. The summed E-state index contributed by atoms with van der Waals surface area (Å²) in [5, 5.41) is 6.34. The van der Waals surface area contributed by atoms with E-state index >= 15 is 0 Å². The summed E-state index contributed by atoms with van der Waals surface area (Å²) in [6.45, 7) is 8.36. The SMILES string of the molecule is CC(C)NC(=O)N1CC(C)(C)S[C@]12C(=O)Nc1ccc(Cl)cc12. The van der Waals surface area contributed by atoms with Gasteiger partial charge in [-0.2, -0.15) is 0 Å². The van der Waals surface area contributed by atoms with E-state index in [4.69, 9.17) is 11.6 Å². The molecule has 7 heteroatoms. The van der Waals surface area contributed by atoms with E-state index in [0.29, 0.717) is 17.3 Å². The van der Waals surface area contributed by atoms with Gasteiger partial charge in [-0.25, -0.2) is 4.79 Å². The maximum absolute atomic E-state index is 12.9. The van der Waals surface area contributed by atoms with E-state index in [-0.39, 0.29) is 22.7 Å². The van der Waals surface area contributed by atoms with E-state index in [1.165, 1.54) is 11.8 Å². The zero-order valence-electron chi connectivity index (χ0n) is 13.6. The molecule has 5 nitrogen and oxygen atoms in total. The van der Waals surface area contributed by atoms with Gasteiger partial charge >= 0.3 is 6.03 Å². The van der Waals surface area contributed by atoms with Gasteiger partial charge in [0.1, 0.15) is 0 Å². The van der Waals surface area contributed by atoms with Gasteiger partial charge in [-0.1, -0.05) is 11.6 Å². The first-order chi connectivity index (χ1) is 10.7. The smallest absolute Gasteiger partial charge is 0.319 e. The molecule has 1 saturated heterocycles. The van der Waals surface area contributed by atoms with E-state index in [0.717, 1.165) is 5.56 Å². The normalized spacial score (nSPS) is 25.0. The van der Waals surface area contributed by atoms with Gasteiger partial charge in [0.2, 0.25) is 0 Å². The van der Waals surface area contributed by atoms with Gasteiger partial charge < -0.3 is 10.6 Å². The summed E-state index contributed by atoms with van der Waals surface area (Å²) in [5.74, 6) is -0.191. The van der Waals surface area contributed by atoms with Crippen LogP contribution in [-0.2, 0) is 9.67 Å². The molecule has 0 radical (unpaired) electrons. The van der Waals surface area contributed by atoms with E-state index in [9.17, 15) is 9.59 Å². The van der Waals surface area contributed by atoms with Crippen LogP contribution in [0.2, 0.25) is 5.02 Å². The number of hydrogen-bond acceptors (Lipinski definition) is 3. The predicted molar refractivity (Wildman–Crippen MR) is 93.8 cm³/mol. The minimum Gasteiger partial charge on any atom is -0.336 e. The molecule has 2 aliphatic heterocycles. The van der Waals surface area contributed by atoms with Gasteiger partial charge in [0.25, 0.3) is 5.91 Å². The number of fused-ring (bicyclic) bond motifs is 2. The molecule has 0 saturated carbocycles. The van der Waals surface area contributed by atoms with Crippen LogP contribution < -0.4 is 10.6 Å². The number of amides is 3. The highest BCUT2D eigenvalue weighted by atomic mass is 35.5. The molecular formula is C16H20ClN3O2S. The second-order valence-electron chi connectivity index (χ2n) is 6.84. The highest BCUT2D eigenvalue weighted by molar-refractivity contribution is 8.02. The molecular weight excluding hydrogens is 334 g/mol. The standard InChI is InChI=1S/C16H20ClN3O2S/c1-9(2)18-14(22)20-8-15(3,4)23-16(20)11-7-10(17)5-6-12(11)19-13(16)21/h5-7,9H,8H2,1-4H3,(H,18,22)(H,19,21)/t16-/m1/s1. The first-order valence-corrected chi connectivity index (χ1v) is 8.75.